The van der Waals surface area contributed by atoms with Crippen molar-refractivity contribution in [3.8, 4) is 17.2 Å². The van der Waals surface area contributed by atoms with Gasteiger partial charge in [0.1, 0.15) is 5.75 Å². The number of methoxy groups -OCH3 is 2. The van der Waals surface area contributed by atoms with Crippen LogP contribution < -0.4 is 19.9 Å². The summed E-state index contributed by atoms with van der Waals surface area (Å²) in [5.74, 6) is 2.20. The third-order valence-corrected chi connectivity index (χ3v) is 3.82. The summed E-state index contributed by atoms with van der Waals surface area (Å²) in [5.41, 5.74) is 7.26. The largest absolute Gasteiger partial charge is 0.496 e. The van der Waals surface area contributed by atoms with Gasteiger partial charge in [-0.3, -0.25) is 0 Å². The van der Waals surface area contributed by atoms with Crippen LogP contribution in [-0.2, 0) is 5.54 Å². The van der Waals surface area contributed by atoms with E-state index in [0.717, 1.165) is 42.7 Å². The molecule has 0 spiro atoms. The molecule has 2 rings (SSSR count). The molecule has 106 valence electrons. The van der Waals surface area contributed by atoms with Crippen LogP contribution in [0.25, 0.3) is 0 Å². The van der Waals surface area contributed by atoms with E-state index in [1.807, 2.05) is 19.1 Å². The van der Waals surface area contributed by atoms with Crippen LogP contribution in [-0.4, -0.2) is 20.8 Å². The number of hydrogen-bond donors (Lipinski definition) is 1. The number of rotatable bonds is 5. The Morgan fingerprint density at radius 3 is 2.21 bits per heavy atom. The lowest BCUT2D eigenvalue weighted by atomic mass is 9.88. The quantitative estimate of drug-likeness (QED) is 0.889. The zero-order valence-corrected chi connectivity index (χ0v) is 12.0. The van der Waals surface area contributed by atoms with Gasteiger partial charge in [0.2, 0.25) is 0 Å². The Labute approximate surface area is 114 Å². The van der Waals surface area contributed by atoms with Gasteiger partial charge in [-0.05, 0) is 25.8 Å². The average Bonchev–Trinajstić information content (AvgIpc) is 2.86. The second-order valence-corrected chi connectivity index (χ2v) is 5.00. The van der Waals surface area contributed by atoms with Gasteiger partial charge in [0.05, 0.1) is 20.8 Å². The van der Waals surface area contributed by atoms with E-state index in [1.165, 1.54) is 0 Å². The first-order chi connectivity index (χ1) is 9.14. The van der Waals surface area contributed by atoms with Crippen LogP contribution >= 0.6 is 0 Å². The van der Waals surface area contributed by atoms with E-state index in [0.29, 0.717) is 12.4 Å². The van der Waals surface area contributed by atoms with Crippen molar-refractivity contribution >= 4 is 0 Å². The molecule has 4 nitrogen and oxygen atoms in total. The molecule has 0 radical (unpaired) electrons. The van der Waals surface area contributed by atoms with Crippen LogP contribution in [0.5, 0.6) is 17.2 Å². The summed E-state index contributed by atoms with van der Waals surface area (Å²) in [6, 6.07) is 3.85. The second kappa shape index (κ2) is 5.70. The van der Waals surface area contributed by atoms with Gasteiger partial charge in [0.15, 0.2) is 11.5 Å². The molecule has 19 heavy (non-hydrogen) atoms. The fourth-order valence-corrected chi connectivity index (χ4v) is 2.80. The van der Waals surface area contributed by atoms with E-state index >= 15 is 0 Å². The van der Waals surface area contributed by atoms with Gasteiger partial charge in [0, 0.05) is 17.2 Å². The molecular weight excluding hydrogens is 242 g/mol. The zero-order valence-electron chi connectivity index (χ0n) is 12.0. The van der Waals surface area contributed by atoms with Crippen LogP contribution in [0.1, 0.15) is 38.2 Å². The molecule has 1 fully saturated rings. The third kappa shape index (κ3) is 2.63. The maximum atomic E-state index is 6.54. The highest BCUT2D eigenvalue weighted by atomic mass is 16.5. The summed E-state index contributed by atoms with van der Waals surface area (Å²) in [5, 5.41) is 0. The average molecular weight is 265 g/mol. The SMILES string of the molecule is CCOc1cc(C2(N)CCCC2)c(OC)cc1OC. The summed E-state index contributed by atoms with van der Waals surface area (Å²) in [6.45, 7) is 2.55. The zero-order chi connectivity index (χ0) is 13.9. The highest BCUT2D eigenvalue weighted by molar-refractivity contribution is 5.53. The molecule has 1 aliphatic rings. The Bertz CT molecular complexity index is 439. The molecule has 0 saturated heterocycles. The minimum absolute atomic E-state index is 0.302. The lowest BCUT2D eigenvalue weighted by molar-refractivity contribution is 0.304. The van der Waals surface area contributed by atoms with E-state index < -0.39 is 0 Å². The first-order valence-corrected chi connectivity index (χ1v) is 6.83. The van der Waals surface area contributed by atoms with Crippen molar-refractivity contribution < 1.29 is 14.2 Å². The van der Waals surface area contributed by atoms with Gasteiger partial charge in [-0.25, -0.2) is 0 Å². The topological polar surface area (TPSA) is 53.7 Å². The van der Waals surface area contributed by atoms with Gasteiger partial charge in [0.25, 0.3) is 0 Å². The molecular formula is C15H23NO3. The van der Waals surface area contributed by atoms with E-state index in [4.69, 9.17) is 19.9 Å². The Morgan fingerprint density at radius 2 is 1.68 bits per heavy atom. The lowest BCUT2D eigenvalue weighted by Crippen LogP contribution is -2.33. The smallest absolute Gasteiger partial charge is 0.164 e. The Balaban J connectivity index is 2.48. The first kappa shape index (κ1) is 14.0. The van der Waals surface area contributed by atoms with Crippen molar-refractivity contribution in [1.82, 2.24) is 0 Å². The molecule has 1 aromatic rings. The van der Waals surface area contributed by atoms with Crippen LogP contribution in [0.15, 0.2) is 12.1 Å². The molecule has 1 saturated carbocycles. The molecule has 2 N–H and O–H groups in total. The Hall–Kier alpha value is -1.42. The fourth-order valence-electron chi connectivity index (χ4n) is 2.80. The standard InChI is InChI=1S/C15H23NO3/c1-4-19-14-9-11(15(16)7-5-6-8-15)12(17-2)10-13(14)18-3/h9-10H,4-8,16H2,1-3H3. The molecule has 0 atom stereocenters. The summed E-state index contributed by atoms with van der Waals surface area (Å²) in [6.07, 6.45) is 4.30. The number of ether oxygens (including phenoxy) is 3. The minimum Gasteiger partial charge on any atom is -0.496 e. The molecule has 1 aliphatic carbocycles. The predicted octanol–water partition coefficient (Wildman–Crippen LogP) is 2.83. The van der Waals surface area contributed by atoms with Crippen molar-refractivity contribution in [2.75, 3.05) is 20.8 Å². The summed E-state index contributed by atoms with van der Waals surface area (Å²) < 4.78 is 16.5. The lowest BCUT2D eigenvalue weighted by Gasteiger charge is -2.27. The molecule has 0 aromatic heterocycles. The molecule has 0 bridgehead atoms. The third-order valence-electron chi connectivity index (χ3n) is 3.82. The van der Waals surface area contributed by atoms with Crippen molar-refractivity contribution in [3.63, 3.8) is 0 Å². The van der Waals surface area contributed by atoms with Crippen LogP contribution in [0.4, 0.5) is 0 Å². The van der Waals surface area contributed by atoms with E-state index in [9.17, 15) is 0 Å². The number of nitrogens with two attached hydrogens (primary N) is 1. The maximum absolute atomic E-state index is 6.54. The predicted molar refractivity (Wildman–Crippen MR) is 75.0 cm³/mol. The Kier molecular flexibility index (Phi) is 4.20. The summed E-state index contributed by atoms with van der Waals surface area (Å²) in [4.78, 5) is 0. The first-order valence-electron chi connectivity index (χ1n) is 6.83. The van der Waals surface area contributed by atoms with Gasteiger partial charge in [-0.1, -0.05) is 12.8 Å². The summed E-state index contributed by atoms with van der Waals surface area (Å²) >= 11 is 0. The van der Waals surface area contributed by atoms with Gasteiger partial charge in [-0.2, -0.15) is 0 Å². The van der Waals surface area contributed by atoms with Crippen LogP contribution in [0, 0.1) is 0 Å². The van der Waals surface area contributed by atoms with Gasteiger partial charge < -0.3 is 19.9 Å². The normalized spacial score (nSPS) is 17.3. The van der Waals surface area contributed by atoms with Crippen LogP contribution in [0.3, 0.4) is 0 Å². The maximum Gasteiger partial charge on any atom is 0.164 e. The monoisotopic (exact) mass is 265 g/mol. The Morgan fingerprint density at radius 1 is 1.05 bits per heavy atom. The molecule has 0 unspecified atom stereocenters. The highest BCUT2D eigenvalue weighted by Gasteiger charge is 2.34. The van der Waals surface area contributed by atoms with Crippen molar-refractivity contribution in [1.29, 1.82) is 0 Å². The summed E-state index contributed by atoms with van der Waals surface area (Å²) in [7, 11) is 3.29. The fraction of sp³-hybridized carbons (Fsp3) is 0.600. The number of hydrogen-bond acceptors (Lipinski definition) is 4. The molecule has 1 aromatic carbocycles. The minimum atomic E-state index is -0.302. The van der Waals surface area contributed by atoms with E-state index in [-0.39, 0.29) is 5.54 Å². The molecule has 4 heteroatoms. The van der Waals surface area contributed by atoms with Crippen molar-refractivity contribution in [2.45, 2.75) is 38.1 Å². The molecule has 0 amide bonds. The molecule has 0 heterocycles. The van der Waals surface area contributed by atoms with Gasteiger partial charge in [-0.15, -0.1) is 0 Å². The molecule has 0 aliphatic heterocycles. The van der Waals surface area contributed by atoms with Crippen molar-refractivity contribution in [3.05, 3.63) is 17.7 Å². The van der Waals surface area contributed by atoms with Crippen molar-refractivity contribution in [2.24, 2.45) is 5.73 Å². The number of benzene rings is 1. The van der Waals surface area contributed by atoms with Crippen LogP contribution in [0.2, 0.25) is 0 Å². The van der Waals surface area contributed by atoms with E-state index in [1.54, 1.807) is 14.2 Å². The second-order valence-electron chi connectivity index (χ2n) is 5.00. The highest BCUT2D eigenvalue weighted by Crippen LogP contribution is 2.45. The van der Waals surface area contributed by atoms with E-state index in [2.05, 4.69) is 0 Å². The van der Waals surface area contributed by atoms with Gasteiger partial charge >= 0.3 is 0 Å².